The van der Waals surface area contributed by atoms with Crippen LogP contribution in [0.2, 0.25) is 0 Å². The molecule has 0 spiro atoms. The van der Waals surface area contributed by atoms with E-state index < -0.39 is 27.0 Å². The van der Waals surface area contributed by atoms with E-state index in [1.807, 2.05) is 55.4 Å². The average Bonchev–Trinajstić information content (AvgIpc) is 2.84. The van der Waals surface area contributed by atoms with Crippen LogP contribution in [-0.2, 0) is 19.2 Å². The molecule has 202 valence electrons. The van der Waals surface area contributed by atoms with Crippen molar-refractivity contribution in [2.45, 2.75) is 129 Å². The molecule has 0 aromatic rings. The van der Waals surface area contributed by atoms with Crippen molar-refractivity contribution >= 4 is 35.3 Å². The van der Waals surface area contributed by atoms with Gasteiger partial charge in [-0.05, 0) is 73.8 Å². The van der Waals surface area contributed by atoms with E-state index in [0.717, 1.165) is 6.42 Å². The molecular weight excluding hydrogens is 462 g/mol. The summed E-state index contributed by atoms with van der Waals surface area (Å²) in [5, 5.41) is 5.66. The van der Waals surface area contributed by atoms with E-state index in [9.17, 15) is 19.2 Å². The highest BCUT2D eigenvalue weighted by molar-refractivity contribution is 8.02. The van der Waals surface area contributed by atoms with E-state index >= 15 is 0 Å². The van der Waals surface area contributed by atoms with E-state index in [-0.39, 0.29) is 40.9 Å². The number of likely N-dealkylation sites (N-methyl/N-ethyl adjacent to an activating group) is 1. The number of imide groups is 1. The number of hydrogen-bond acceptors (Lipinski definition) is 6. The lowest BCUT2D eigenvalue weighted by Crippen LogP contribution is -2.55. The molecule has 0 aromatic carbocycles. The van der Waals surface area contributed by atoms with Gasteiger partial charge in [0.2, 0.25) is 17.7 Å². The number of nitrogens with one attached hydrogen (secondary N) is 2. The summed E-state index contributed by atoms with van der Waals surface area (Å²) in [6.07, 6.45) is 1.25. The van der Waals surface area contributed by atoms with Crippen molar-refractivity contribution in [3.8, 4) is 0 Å². The molecule has 0 aliphatic carbocycles. The van der Waals surface area contributed by atoms with Gasteiger partial charge in [-0.25, -0.2) is 0 Å². The number of nitrogens with zero attached hydrogens (tertiary/aromatic N) is 1. The number of carbonyl (C=O) groups is 4. The smallest absolute Gasteiger partial charge is 0.243 e. The lowest BCUT2D eigenvalue weighted by Gasteiger charge is -2.42. The third-order valence-corrected chi connectivity index (χ3v) is 7.96. The molecule has 1 rings (SSSR count). The number of Topliss-reactive ketones (excluding diaryl/α,β-unsaturated/α-hetero) is 1. The Morgan fingerprint density at radius 3 is 1.91 bits per heavy atom. The molecule has 35 heavy (non-hydrogen) atoms. The highest BCUT2D eigenvalue weighted by atomic mass is 32.2. The van der Waals surface area contributed by atoms with Crippen molar-refractivity contribution in [3.05, 3.63) is 0 Å². The Bertz CT molecular complexity index is 840. The van der Waals surface area contributed by atoms with Gasteiger partial charge in [-0.1, -0.05) is 34.6 Å². The third kappa shape index (κ3) is 8.31. The van der Waals surface area contributed by atoms with Crippen molar-refractivity contribution < 1.29 is 19.2 Å². The summed E-state index contributed by atoms with van der Waals surface area (Å²) < 4.78 is -0.570. The first-order chi connectivity index (χ1) is 15.5. The molecule has 2 atom stereocenters. The molecule has 2 N–H and O–H groups in total. The second kappa shape index (κ2) is 10.5. The zero-order chi connectivity index (χ0) is 27.8. The van der Waals surface area contributed by atoms with Crippen molar-refractivity contribution in [2.24, 2.45) is 10.8 Å². The Labute approximate surface area is 217 Å². The molecule has 1 aliphatic rings. The van der Waals surface area contributed by atoms with Gasteiger partial charge in [0.1, 0.15) is 5.78 Å². The van der Waals surface area contributed by atoms with Crippen molar-refractivity contribution in [1.82, 2.24) is 15.5 Å². The maximum Gasteiger partial charge on any atom is 0.243 e. The molecule has 8 heteroatoms. The Morgan fingerprint density at radius 1 is 0.971 bits per heavy atom. The minimum atomic E-state index is -0.842. The van der Waals surface area contributed by atoms with Crippen LogP contribution in [0.1, 0.15) is 102 Å². The van der Waals surface area contributed by atoms with Crippen molar-refractivity contribution in [1.29, 1.82) is 0 Å². The van der Waals surface area contributed by atoms with Crippen LogP contribution in [0.3, 0.4) is 0 Å². The van der Waals surface area contributed by atoms with Crippen LogP contribution < -0.4 is 10.6 Å². The first-order valence-electron chi connectivity index (χ1n) is 12.5. The fourth-order valence-corrected chi connectivity index (χ4v) is 7.48. The first kappa shape index (κ1) is 31.6. The summed E-state index contributed by atoms with van der Waals surface area (Å²) in [6, 6.07) is -0.434. The van der Waals surface area contributed by atoms with E-state index in [1.165, 1.54) is 23.6 Å². The Morgan fingerprint density at radius 2 is 1.49 bits per heavy atom. The maximum atomic E-state index is 13.4. The van der Waals surface area contributed by atoms with Gasteiger partial charge in [0.15, 0.2) is 0 Å². The summed E-state index contributed by atoms with van der Waals surface area (Å²) in [7, 11) is 1.72. The number of likely N-dealkylation sites (tertiary alicyclic amines) is 1. The van der Waals surface area contributed by atoms with E-state index in [0.29, 0.717) is 6.42 Å². The Kier molecular flexibility index (Phi) is 9.51. The van der Waals surface area contributed by atoms with Crippen LogP contribution >= 0.6 is 11.8 Å². The Hall–Kier alpha value is -1.41. The van der Waals surface area contributed by atoms with Crippen LogP contribution in [0, 0.1) is 10.8 Å². The summed E-state index contributed by atoms with van der Waals surface area (Å²) in [5.41, 5.74) is -1.96. The van der Waals surface area contributed by atoms with E-state index in [1.54, 1.807) is 7.05 Å². The van der Waals surface area contributed by atoms with Gasteiger partial charge in [0.05, 0.1) is 11.3 Å². The standard InChI is InChI=1S/C27H49N3O4S/c1-17(31)20(28-13)27(11,12)35-18-14-19(32)30(21(18)33)26(9,10)16-24(5,6)22(34)29-25(7,8)15-23(2,3)4/h18,20,28H,14-16H2,1-13H3,(H,29,34)/t18?,20-/m1/s1. The van der Waals surface area contributed by atoms with Gasteiger partial charge < -0.3 is 10.6 Å². The number of hydrogen-bond donors (Lipinski definition) is 2. The van der Waals surface area contributed by atoms with Crippen LogP contribution in [0.5, 0.6) is 0 Å². The Balaban J connectivity index is 3.04. The second-order valence-corrected chi connectivity index (χ2v) is 15.6. The number of amides is 3. The van der Waals surface area contributed by atoms with Gasteiger partial charge in [-0.15, -0.1) is 11.8 Å². The topological polar surface area (TPSA) is 95.6 Å². The zero-order valence-corrected chi connectivity index (χ0v) is 25.1. The monoisotopic (exact) mass is 511 g/mol. The SMILES string of the molecule is CN[C@H](C(C)=O)C(C)(C)SC1CC(=O)N(C(C)(C)CC(C)(C)C(=O)NC(C)(C)CC(C)(C)C)C1=O. The normalized spacial score (nSPS) is 19.2. The van der Waals surface area contributed by atoms with Gasteiger partial charge >= 0.3 is 0 Å². The first-order valence-corrected chi connectivity index (χ1v) is 13.4. The number of ketones is 1. The largest absolute Gasteiger partial charge is 0.351 e. The molecule has 0 radical (unpaired) electrons. The zero-order valence-electron chi connectivity index (χ0n) is 24.3. The van der Waals surface area contributed by atoms with Gasteiger partial charge in [-0.3, -0.25) is 24.1 Å². The molecule has 1 fully saturated rings. The molecule has 1 aliphatic heterocycles. The molecule has 3 amide bonds. The van der Waals surface area contributed by atoms with E-state index in [2.05, 4.69) is 31.4 Å². The molecule has 0 saturated carbocycles. The minimum absolute atomic E-state index is 0.0129. The molecule has 7 nitrogen and oxygen atoms in total. The van der Waals surface area contributed by atoms with E-state index in [4.69, 9.17) is 0 Å². The molecule has 1 heterocycles. The average molecular weight is 512 g/mol. The third-order valence-electron chi connectivity index (χ3n) is 6.46. The summed E-state index contributed by atoms with van der Waals surface area (Å²) in [5.74, 6) is -0.590. The number of thioether (sulfide) groups is 1. The number of rotatable bonds is 11. The highest BCUT2D eigenvalue weighted by Crippen LogP contribution is 2.42. The second-order valence-electron chi connectivity index (χ2n) is 13.8. The van der Waals surface area contributed by atoms with Gasteiger partial charge in [0, 0.05) is 27.7 Å². The fraction of sp³-hybridized carbons (Fsp3) is 0.852. The molecule has 1 unspecified atom stereocenters. The fourth-order valence-electron chi connectivity index (χ4n) is 5.89. The summed E-state index contributed by atoms with van der Waals surface area (Å²) >= 11 is 1.36. The van der Waals surface area contributed by atoms with Crippen molar-refractivity contribution in [2.75, 3.05) is 7.05 Å². The lowest BCUT2D eigenvalue weighted by molar-refractivity contribution is -0.148. The van der Waals surface area contributed by atoms with Crippen molar-refractivity contribution in [3.63, 3.8) is 0 Å². The quantitative estimate of drug-likeness (QED) is 0.401. The highest BCUT2D eigenvalue weighted by Gasteiger charge is 2.51. The van der Waals surface area contributed by atoms with Crippen LogP contribution in [-0.4, -0.2) is 62.6 Å². The van der Waals surface area contributed by atoms with Gasteiger partial charge in [0.25, 0.3) is 0 Å². The predicted molar refractivity (Wildman–Crippen MR) is 144 cm³/mol. The van der Waals surface area contributed by atoms with Crippen LogP contribution in [0.25, 0.3) is 0 Å². The number of carbonyl (C=O) groups excluding carboxylic acids is 4. The molecule has 0 bridgehead atoms. The lowest BCUT2D eigenvalue weighted by atomic mass is 9.76. The summed E-state index contributed by atoms with van der Waals surface area (Å²) in [6.45, 7) is 23.3. The molecule has 1 saturated heterocycles. The maximum absolute atomic E-state index is 13.4. The van der Waals surface area contributed by atoms with Crippen LogP contribution in [0.4, 0.5) is 0 Å². The molecule has 0 aromatic heterocycles. The molecular formula is C27H49N3O4S. The minimum Gasteiger partial charge on any atom is -0.351 e. The van der Waals surface area contributed by atoms with Gasteiger partial charge in [-0.2, -0.15) is 0 Å². The van der Waals surface area contributed by atoms with Crippen LogP contribution in [0.15, 0.2) is 0 Å². The predicted octanol–water partition coefficient (Wildman–Crippen LogP) is 4.33. The summed E-state index contributed by atoms with van der Waals surface area (Å²) in [4.78, 5) is 53.2.